The number of rotatable bonds is 7. The van der Waals surface area contributed by atoms with Crippen molar-refractivity contribution in [1.82, 2.24) is 0 Å². The maximum atomic E-state index is 11.6. The van der Waals surface area contributed by atoms with E-state index in [4.69, 9.17) is 9.05 Å². The van der Waals surface area contributed by atoms with Crippen LogP contribution in [0.1, 0.15) is 20.8 Å². The average Bonchev–Trinajstić information content (AvgIpc) is 2.06. The van der Waals surface area contributed by atoms with Crippen LogP contribution in [0, 0.1) is 0 Å². The molecule has 0 N–H and O–H groups in total. The summed E-state index contributed by atoms with van der Waals surface area (Å²) >= 11 is 1.60. The quantitative estimate of drug-likeness (QED) is 0.369. The van der Waals surface area contributed by atoms with Crippen LogP contribution in [0.4, 0.5) is 0 Å². The molecule has 1 atom stereocenters. The average molecular weight is 212 g/mol. The molecular weight excluding hydrogens is 195 g/mol. The van der Waals surface area contributed by atoms with Gasteiger partial charge in [0.15, 0.2) is 0 Å². The molecular formula is C7H17O3PS. The van der Waals surface area contributed by atoms with Gasteiger partial charge in [-0.3, -0.25) is 9.09 Å². The van der Waals surface area contributed by atoms with Crippen LogP contribution in [0.25, 0.3) is 0 Å². The predicted octanol–water partition coefficient (Wildman–Crippen LogP) is 2.96. The summed E-state index contributed by atoms with van der Waals surface area (Å²) in [5.41, 5.74) is 0. The third-order valence-electron chi connectivity index (χ3n) is 1.25. The maximum absolute atomic E-state index is 11.6. The monoisotopic (exact) mass is 212 g/mol. The van der Waals surface area contributed by atoms with E-state index in [-0.39, 0.29) is 0 Å². The lowest BCUT2D eigenvalue weighted by molar-refractivity contribution is 0.239. The van der Waals surface area contributed by atoms with Crippen molar-refractivity contribution in [2.24, 2.45) is 0 Å². The zero-order valence-electron chi connectivity index (χ0n) is 7.91. The highest BCUT2D eigenvalue weighted by molar-refractivity contribution is 7.99. The van der Waals surface area contributed by atoms with E-state index >= 15 is 0 Å². The molecule has 1 unspecified atom stereocenters. The Morgan fingerprint density at radius 1 is 1.25 bits per heavy atom. The fourth-order valence-corrected chi connectivity index (χ4v) is 2.56. The van der Waals surface area contributed by atoms with E-state index in [1.54, 1.807) is 11.8 Å². The van der Waals surface area contributed by atoms with E-state index in [1.807, 2.05) is 20.8 Å². The summed E-state index contributed by atoms with van der Waals surface area (Å²) in [7, 11) is -2.75. The number of hydrogen-bond acceptors (Lipinski definition) is 4. The highest BCUT2D eigenvalue weighted by atomic mass is 32.2. The highest BCUT2D eigenvalue weighted by Crippen LogP contribution is 2.48. The summed E-state index contributed by atoms with van der Waals surface area (Å²) in [4.78, 5) is 0. The summed E-state index contributed by atoms with van der Waals surface area (Å²) in [6, 6.07) is 0. The van der Waals surface area contributed by atoms with Crippen molar-refractivity contribution in [3.63, 3.8) is 0 Å². The Hall–Kier alpha value is 0.500. The van der Waals surface area contributed by atoms with Crippen molar-refractivity contribution >= 4 is 19.4 Å². The Morgan fingerprint density at radius 2 is 1.92 bits per heavy atom. The topological polar surface area (TPSA) is 35.5 Å². The van der Waals surface area contributed by atoms with Gasteiger partial charge in [-0.05, 0) is 12.7 Å². The molecule has 3 nitrogen and oxygen atoms in total. The second kappa shape index (κ2) is 6.96. The second-order valence-corrected chi connectivity index (χ2v) is 5.68. The van der Waals surface area contributed by atoms with Gasteiger partial charge in [0.2, 0.25) is 0 Å². The molecule has 0 aliphatic rings. The first-order chi connectivity index (χ1) is 5.68. The van der Waals surface area contributed by atoms with Crippen LogP contribution in [0.3, 0.4) is 0 Å². The van der Waals surface area contributed by atoms with Crippen LogP contribution in [0.2, 0.25) is 0 Å². The van der Waals surface area contributed by atoms with Crippen molar-refractivity contribution in [1.29, 1.82) is 0 Å². The Labute approximate surface area is 78.7 Å². The van der Waals surface area contributed by atoms with Crippen molar-refractivity contribution in [2.45, 2.75) is 20.8 Å². The summed E-state index contributed by atoms with van der Waals surface area (Å²) in [6.45, 7) is 6.11. The Bertz CT molecular complexity index is 152. The summed E-state index contributed by atoms with van der Waals surface area (Å²) in [6.07, 6.45) is 0.450. The SMILES string of the molecule is CCOP(=O)(CC)OCSCC. The van der Waals surface area contributed by atoms with Gasteiger partial charge < -0.3 is 4.52 Å². The molecule has 0 fully saturated rings. The van der Waals surface area contributed by atoms with E-state index in [1.165, 1.54) is 0 Å². The van der Waals surface area contributed by atoms with Crippen LogP contribution in [0.5, 0.6) is 0 Å². The molecule has 0 heterocycles. The van der Waals surface area contributed by atoms with Crippen LogP contribution in [-0.2, 0) is 13.6 Å². The minimum Gasteiger partial charge on any atom is -0.309 e. The first-order valence-electron chi connectivity index (χ1n) is 4.14. The maximum Gasteiger partial charge on any atom is 0.331 e. The zero-order chi connectivity index (χ0) is 9.45. The van der Waals surface area contributed by atoms with Gasteiger partial charge in [-0.25, -0.2) is 0 Å². The molecule has 0 aromatic heterocycles. The number of thioether (sulfide) groups is 1. The minimum absolute atomic E-state index is 0.446. The lowest BCUT2D eigenvalue weighted by Gasteiger charge is -2.14. The molecule has 0 aliphatic carbocycles. The smallest absolute Gasteiger partial charge is 0.309 e. The molecule has 0 bridgehead atoms. The molecule has 0 radical (unpaired) electrons. The normalized spacial score (nSPS) is 15.9. The van der Waals surface area contributed by atoms with Gasteiger partial charge in [0.1, 0.15) is 5.94 Å². The van der Waals surface area contributed by atoms with Gasteiger partial charge in [-0.15, -0.1) is 11.8 Å². The van der Waals surface area contributed by atoms with E-state index < -0.39 is 7.60 Å². The standard InChI is InChI=1S/C7H17O3PS/c1-4-9-11(8,5-2)10-7-12-6-3/h4-7H2,1-3H3. The summed E-state index contributed by atoms with van der Waals surface area (Å²) < 4.78 is 21.8. The lowest BCUT2D eigenvalue weighted by atomic mass is 10.9. The van der Waals surface area contributed by atoms with Crippen LogP contribution in [-0.4, -0.2) is 24.5 Å². The molecule has 0 amide bonds. The van der Waals surface area contributed by atoms with E-state index in [0.29, 0.717) is 18.7 Å². The molecule has 0 spiro atoms. The Balaban J connectivity index is 3.72. The zero-order valence-corrected chi connectivity index (χ0v) is 9.62. The Morgan fingerprint density at radius 3 is 2.33 bits per heavy atom. The fourth-order valence-electron chi connectivity index (χ4n) is 0.617. The van der Waals surface area contributed by atoms with Crippen molar-refractivity contribution in [3.05, 3.63) is 0 Å². The van der Waals surface area contributed by atoms with Crippen LogP contribution in [0.15, 0.2) is 0 Å². The van der Waals surface area contributed by atoms with Crippen LogP contribution < -0.4 is 0 Å². The van der Waals surface area contributed by atoms with E-state index in [9.17, 15) is 4.57 Å². The van der Waals surface area contributed by atoms with E-state index in [0.717, 1.165) is 5.75 Å². The molecule has 0 aromatic rings. The molecule has 0 saturated carbocycles. The van der Waals surface area contributed by atoms with Crippen LogP contribution >= 0.6 is 19.4 Å². The molecule has 5 heteroatoms. The molecule has 0 aliphatic heterocycles. The van der Waals surface area contributed by atoms with Crippen molar-refractivity contribution < 1.29 is 13.6 Å². The lowest BCUT2D eigenvalue weighted by Crippen LogP contribution is -1.97. The van der Waals surface area contributed by atoms with E-state index in [2.05, 4.69) is 0 Å². The molecule has 74 valence electrons. The first kappa shape index (κ1) is 12.5. The molecule has 0 rings (SSSR count). The van der Waals surface area contributed by atoms with Gasteiger partial charge in [0.25, 0.3) is 0 Å². The fraction of sp³-hybridized carbons (Fsp3) is 1.00. The summed E-state index contributed by atoms with van der Waals surface area (Å²) in [5.74, 6) is 1.43. The van der Waals surface area contributed by atoms with Gasteiger partial charge in [0, 0.05) is 6.16 Å². The second-order valence-electron chi connectivity index (χ2n) is 2.08. The number of hydrogen-bond donors (Lipinski definition) is 0. The highest BCUT2D eigenvalue weighted by Gasteiger charge is 2.20. The third-order valence-corrected chi connectivity index (χ3v) is 4.07. The third kappa shape index (κ3) is 5.20. The molecule has 0 aromatic carbocycles. The molecule has 0 saturated heterocycles. The van der Waals surface area contributed by atoms with Gasteiger partial charge in [-0.2, -0.15) is 0 Å². The van der Waals surface area contributed by atoms with Crippen molar-refractivity contribution in [2.75, 3.05) is 24.5 Å². The minimum atomic E-state index is -2.75. The Kier molecular flexibility index (Phi) is 7.25. The molecule has 12 heavy (non-hydrogen) atoms. The first-order valence-corrected chi connectivity index (χ1v) is 7.02. The predicted molar refractivity (Wildman–Crippen MR) is 53.9 cm³/mol. The van der Waals surface area contributed by atoms with Gasteiger partial charge in [-0.1, -0.05) is 13.8 Å². The summed E-state index contributed by atoms with van der Waals surface area (Å²) in [5, 5.41) is 0. The van der Waals surface area contributed by atoms with Gasteiger partial charge in [0.05, 0.1) is 6.61 Å². The van der Waals surface area contributed by atoms with Crippen molar-refractivity contribution in [3.8, 4) is 0 Å². The van der Waals surface area contributed by atoms with Gasteiger partial charge >= 0.3 is 7.60 Å². The largest absolute Gasteiger partial charge is 0.331 e.